The summed E-state index contributed by atoms with van der Waals surface area (Å²) in [5.74, 6) is 0.157. The van der Waals surface area contributed by atoms with Crippen LogP contribution in [0.15, 0.2) is 30.6 Å². The van der Waals surface area contributed by atoms with Gasteiger partial charge >= 0.3 is 0 Å². The average molecular weight is 493 g/mol. The number of anilines is 3. The Balaban J connectivity index is 1.39. The molecule has 2 atom stereocenters. The lowest BCUT2D eigenvalue weighted by atomic mass is 9.81. The number of hydrogen-bond acceptors (Lipinski definition) is 10. The van der Waals surface area contributed by atoms with Crippen molar-refractivity contribution in [1.29, 1.82) is 0 Å². The van der Waals surface area contributed by atoms with Crippen LogP contribution in [-0.2, 0) is 14.3 Å². The molecule has 2 fully saturated rings. The van der Waals surface area contributed by atoms with Gasteiger partial charge in [-0.05, 0) is 31.0 Å². The van der Waals surface area contributed by atoms with Gasteiger partial charge in [0.2, 0.25) is 5.91 Å². The van der Waals surface area contributed by atoms with E-state index in [-0.39, 0.29) is 35.1 Å². The summed E-state index contributed by atoms with van der Waals surface area (Å²) in [5.41, 5.74) is 2.36. The molecule has 12 nitrogen and oxygen atoms in total. The monoisotopic (exact) mass is 492 g/mol. The van der Waals surface area contributed by atoms with E-state index >= 15 is 0 Å². The number of carbonyl (C=O) groups excluding carboxylic acids is 1. The largest absolute Gasteiger partial charge is 0.381 e. The van der Waals surface area contributed by atoms with Crippen LogP contribution in [0.4, 0.5) is 17.3 Å². The number of rotatable bonds is 6. The molecule has 0 unspecified atom stereocenters. The van der Waals surface area contributed by atoms with Gasteiger partial charge in [-0.2, -0.15) is 0 Å². The zero-order chi connectivity index (χ0) is 27.1. The number of morpholine rings is 1. The molecule has 4 aromatic rings. The van der Waals surface area contributed by atoms with Gasteiger partial charge in [-0.25, -0.2) is 14.5 Å². The van der Waals surface area contributed by atoms with Crippen molar-refractivity contribution in [3.8, 4) is 11.4 Å². The van der Waals surface area contributed by atoms with Gasteiger partial charge < -0.3 is 25.0 Å². The van der Waals surface area contributed by atoms with Crippen LogP contribution >= 0.6 is 0 Å². The summed E-state index contributed by atoms with van der Waals surface area (Å²) in [6.07, 6.45) is 4.83. The summed E-state index contributed by atoms with van der Waals surface area (Å²) in [4.78, 5) is 24.0. The Labute approximate surface area is 211 Å². The highest BCUT2D eigenvalue weighted by Crippen LogP contribution is 2.33. The molecule has 2 N–H and O–H groups in total. The summed E-state index contributed by atoms with van der Waals surface area (Å²) < 4.78 is 35.3. The fourth-order valence-electron chi connectivity index (χ4n) is 4.63. The highest BCUT2D eigenvalue weighted by molar-refractivity contribution is 6.01. The van der Waals surface area contributed by atoms with Crippen molar-refractivity contribution in [2.45, 2.75) is 18.9 Å². The predicted octanol–water partition coefficient (Wildman–Crippen LogP) is 1.98. The number of ether oxygens (including phenoxy) is 2. The first kappa shape index (κ1) is 19.3. The minimum absolute atomic E-state index is 0.0379. The highest BCUT2D eigenvalue weighted by Gasteiger charge is 2.37. The van der Waals surface area contributed by atoms with E-state index in [1.165, 1.54) is 6.20 Å². The Hall–Kier alpha value is -3.90. The van der Waals surface area contributed by atoms with E-state index in [1.807, 2.05) is 18.3 Å². The number of nitrogens with zero attached hydrogens (tertiary/aromatic N) is 7. The first-order valence-electron chi connectivity index (χ1n) is 13.3. The Bertz CT molecular complexity index is 1540. The Morgan fingerprint density at radius 3 is 2.92 bits per heavy atom. The first-order chi connectivity index (χ1) is 18.8. The lowest BCUT2D eigenvalue weighted by molar-refractivity contribution is -0.130. The molecule has 4 aromatic heterocycles. The van der Waals surface area contributed by atoms with Gasteiger partial charge in [0, 0.05) is 48.4 Å². The van der Waals surface area contributed by atoms with E-state index in [2.05, 4.69) is 40.8 Å². The summed E-state index contributed by atoms with van der Waals surface area (Å²) in [6, 6.07) is 5.51. The summed E-state index contributed by atoms with van der Waals surface area (Å²) in [7, 11) is 1.59. The summed E-state index contributed by atoms with van der Waals surface area (Å²) in [6.45, 7) is 0.424. The average Bonchev–Trinajstić information content (AvgIpc) is 3.31. The molecule has 1 amide bonds. The zero-order valence-corrected chi connectivity index (χ0v) is 19.6. The normalized spacial score (nSPS) is 21.5. The zero-order valence-electron chi connectivity index (χ0n) is 22.6. The molecule has 5 heterocycles. The topological polar surface area (TPSA) is 132 Å². The maximum atomic E-state index is 12.8. The van der Waals surface area contributed by atoms with Crippen molar-refractivity contribution in [1.82, 2.24) is 29.8 Å². The molecule has 36 heavy (non-hydrogen) atoms. The quantitative estimate of drug-likeness (QED) is 0.412. The lowest BCUT2D eigenvalue weighted by Gasteiger charge is -2.33. The van der Waals surface area contributed by atoms with E-state index in [0.29, 0.717) is 35.6 Å². The van der Waals surface area contributed by atoms with Crippen molar-refractivity contribution in [2.24, 2.45) is 5.92 Å². The molecule has 0 bridgehead atoms. The van der Waals surface area contributed by atoms with E-state index in [9.17, 15) is 4.79 Å². The standard InChI is InChI=1S/C24H27N9O3/c1-25-23-21-16(11-19(29-30-21)27-24(34)15-4-5-18(15)35-2)17(12-26-23)22-28-20-6-3-14(13-33(20)31-22)32-7-9-36-10-8-32/h3,6,11-13,15,18H,4-5,7-10H2,1-2H3,(H,25,26)(H,27,29,34)/t15-,18-/m0/s1/i1D3. The lowest BCUT2D eigenvalue weighted by Crippen LogP contribution is -2.42. The van der Waals surface area contributed by atoms with Gasteiger partial charge in [-0.1, -0.05) is 0 Å². The minimum Gasteiger partial charge on any atom is -0.381 e. The van der Waals surface area contributed by atoms with Gasteiger partial charge in [-0.15, -0.1) is 15.3 Å². The van der Waals surface area contributed by atoms with E-state index in [4.69, 9.17) is 13.6 Å². The molecule has 186 valence electrons. The smallest absolute Gasteiger partial charge is 0.231 e. The van der Waals surface area contributed by atoms with Crippen molar-refractivity contribution in [2.75, 3.05) is 55.9 Å². The number of nitrogens with one attached hydrogen (secondary N) is 2. The molecular formula is C24H27N9O3. The Morgan fingerprint density at radius 2 is 2.14 bits per heavy atom. The molecular weight excluding hydrogens is 462 g/mol. The van der Waals surface area contributed by atoms with Crippen LogP contribution < -0.4 is 15.5 Å². The molecule has 1 aliphatic heterocycles. The second kappa shape index (κ2) is 9.28. The molecule has 6 rings (SSSR count). The number of fused-ring (bicyclic) bond motifs is 2. The molecule has 2 aliphatic rings. The van der Waals surface area contributed by atoms with E-state index in [0.717, 1.165) is 31.6 Å². The number of hydrogen-bond donors (Lipinski definition) is 2. The van der Waals surface area contributed by atoms with Crippen LogP contribution in [-0.4, -0.2) is 82.2 Å². The SMILES string of the molecule is [2H]C([2H])([2H])Nc1ncc(-c2nc3ccc(N4CCOCC4)cn3n2)c2cc(NC(=O)[C@H]3CC[C@@H]3OC)nnc12. The number of aromatic nitrogens is 6. The van der Waals surface area contributed by atoms with Crippen molar-refractivity contribution in [3.05, 3.63) is 30.6 Å². The van der Waals surface area contributed by atoms with Gasteiger partial charge in [-0.3, -0.25) is 4.79 Å². The van der Waals surface area contributed by atoms with Gasteiger partial charge in [0.05, 0.1) is 37.1 Å². The Kier molecular flexibility index (Phi) is 4.98. The fourth-order valence-corrected chi connectivity index (χ4v) is 4.63. The maximum Gasteiger partial charge on any atom is 0.231 e. The van der Waals surface area contributed by atoms with Crippen molar-refractivity contribution in [3.63, 3.8) is 0 Å². The third-order valence-corrected chi connectivity index (χ3v) is 6.78. The molecule has 12 heteroatoms. The number of amides is 1. The van der Waals surface area contributed by atoms with Crippen LogP contribution in [0, 0.1) is 5.92 Å². The highest BCUT2D eigenvalue weighted by atomic mass is 16.5. The van der Waals surface area contributed by atoms with E-state index in [1.54, 1.807) is 17.7 Å². The van der Waals surface area contributed by atoms with Crippen LogP contribution in [0.3, 0.4) is 0 Å². The predicted molar refractivity (Wildman–Crippen MR) is 134 cm³/mol. The molecule has 1 saturated carbocycles. The van der Waals surface area contributed by atoms with Gasteiger partial charge in [0.1, 0.15) is 5.52 Å². The van der Waals surface area contributed by atoms with Crippen LogP contribution in [0.2, 0.25) is 0 Å². The molecule has 0 radical (unpaired) electrons. The van der Waals surface area contributed by atoms with Crippen LogP contribution in [0.25, 0.3) is 27.9 Å². The van der Waals surface area contributed by atoms with Crippen molar-refractivity contribution >= 4 is 39.8 Å². The molecule has 1 aliphatic carbocycles. The summed E-state index contributed by atoms with van der Waals surface area (Å²) in [5, 5.41) is 18.7. The Morgan fingerprint density at radius 1 is 1.25 bits per heavy atom. The second-order valence-corrected chi connectivity index (χ2v) is 8.81. The third-order valence-electron chi connectivity index (χ3n) is 6.78. The number of methoxy groups -OCH3 is 1. The van der Waals surface area contributed by atoms with Crippen LogP contribution in [0.1, 0.15) is 17.0 Å². The maximum absolute atomic E-state index is 12.8. The molecule has 0 aromatic carbocycles. The van der Waals surface area contributed by atoms with Crippen LogP contribution in [0.5, 0.6) is 0 Å². The fraction of sp³-hybridized carbons (Fsp3) is 0.417. The molecule has 0 spiro atoms. The second-order valence-electron chi connectivity index (χ2n) is 8.81. The summed E-state index contributed by atoms with van der Waals surface area (Å²) >= 11 is 0. The van der Waals surface area contributed by atoms with Gasteiger partial charge in [0.15, 0.2) is 23.1 Å². The third kappa shape index (κ3) is 3.97. The van der Waals surface area contributed by atoms with Crippen molar-refractivity contribution < 1.29 is 18.4 Å². The minimum atomic E-state index is -2.49. The number of pyridine rings is 2. The van der Waals surface area contributed by atoms with E-state index < -0.39 is 6.98 Å². The molecule has 1 saturated heterocycles. The number of carbonyl (C=O) groups is 1. The first-order valence-corrected chi connectivity index (χ1v) is 11.8. The van der Waals surface area contributed by atoms with Gasteiger partial charge in [0.25, 0.3) is 0 Å².